The van der Waals surface area contributed by atoms with E-state index in [9.17, 15) is 18.0 Å². The van der Waals surface area contributed by atoms with Gasteiger partial charge in [0, 0.05) is 11.1 Å². The van der Waals surface area contributed by atoms with Gasteiger partial charge in [-0.3, -0.25) is 4.79 Å². The Kier molecular flexibility index (Phi) is 2.78. The van der Waals surface area contributed by atoms with E-state index in [-0.39, 0.29) is 23.1 Å². The lowest BCUT2D eigenvalue weighted by Gasteiger charge is -2.11. The largest absolute Gasteiger partial charge is 0.481 e. The maximum atomic E-state index is 14.0. The molecule has 1 N–H and O–H groups in total. The van der Waals surface area contributed by atoms with Crippen LogP contribution < -0.4 is 0 Å². The van der Waals surface area contributed by atoms with E-state index in [1.165, 1.54) is 0 Å². The van der Waals surface area contributed by atoms with Crippen molar-refractivity contribution in [3.63, 3.8) is 0 Å². The molecule has 102 valence electrons. The molecule has 2 nitrogen and oxygen atoms in total. The van der Waals surface area contributed by atoms with Gasteiger partial charge < -0.3 is 5.11 Å². The van der Waals surface area contributed by atoms with Crippen molar-refractivity contribution in [3.05, 3.63) is 58.4 Å². The fraction of sp³-hybridized carbons (Fsp3) is 0.133. The standard InChI is InChI=1S/C15H9F3O2/c16-13-10(6-11(19)20)9-5-7-3-1-2-4-8(7)12(9)14(17)15(13)18/h1-4H,5-6H2,(H,19,20). The molecular formula is C15H9F3O2. The van der Waals surface area contributed by atoms with Gasteiger partial charge in [0.15, 0.2) is 17.5 Å². The Bertz CT molecular complexity index is 738. The predicted molar refractivity (Wildman–Crippen MR) is 65.9 cm³/mol. The van der Waals surface area contributed by atoms with Crippen molar-refractivity contribution in [3.8, 4) is 11.1 Å². The molecule has 2 aromatic carbocycles. The number of hydrogen-bond donors (Lipinski definition) is 1. The molecule has 0 radical (unpaired) electrons. The van der Waals surface area contributed by atoms with Crippen LogP contribution >= 0.6 is 0 Å². The molecule has 0 bridgehead atoms. The van der Waals surface area contributed by atoms with Crippen LogP contribution in [0.1, 0.15) is 16.7 Å². The molecule has 0 aliphatic heterocycles. The van der Waals surface area contributed by atoms with Gasteiger partial charge in [0.1, 0.15) is 0 Å². The van der Waals surface area contributed by atoms with Crippen LogP contribution in [-0.2, 0) is 17.6 Å². The number of hydrogen-bond acceptors (Lipinski definition) is 1. The monoisotopic (exact) mass is 278 g/mol. The van der Waals surface area contributed by atoms with Crippen LogP contribution in [0, 0.1) is 17.5 Å². The zero-order valence-electron chi connectivity index (χ0n) is 10.2. The quantitative estimate of drug-likeness (QED) is 0.730. The molecular weight excluding hydrogens is 269 g/mol. The number of benzene rings is 2. The van der Waals surface area contributed by atoms with E-state index in [4.69, 9.17) is 5.11 Å². The molecule has 0 saturated carbocycles. The number of fused-ring (bicyclic) bond motifs is 3. The number of rotatable bonds is 2. The summed E-state index contributed by atoms with van der Waals surface area (Å²) in [4.78, 5) is 10.8. The molecule has 0 fully saturated rings. The van der Waals surface area contributed by atoms with Crippen molar-refractivity contribution in [1.29, 1.82) is 0 Å². The minimum atomic E-state index is -1.61. The summed E-state index contributed by atoms with van der Waals surface area (Å²) in [5.74, 6) is -5.56. The number of halogens is 3. The third kappa shape index (κ3) is 1.70. The van der Waals surface area contributed by atoms with Crippen LogP contribution in [-0.4, -0.2) is 11.1 Å². The van der Waals surface area contributed by atoms with Crippen LogP contribution in [0.3, 0.4) is 0 Å². The van der Waals surface area contributed by atoms with Gasteiger partial charge in [-0.2, -0.15) is 0 Å². The number of carbonyl (C=O) groups is 1. The first-order chi connectivity index (χ1) is 9.50. The van der Waals surface area contributed by atoms with Crippen LogP contribution in [0.5, 0.6) is 0 Å². The van der Waals surface area contributed by atoms with Gasteiger partial charge >= 0.3 is 5.97 Å². The topological polar surface area (TPSA) is 37.3 Å². The van der Waals surface area contributed by atoms with Crippen LogP contribution in [0.25, 0.3) is 11.1 Å². The fourth-order valence-electron chi connectivity index (χ4n) is 2.67. The van der Waals surface area contributed by atoms with Gasteiger partial charge in [0.2, 0.25) is 0 Å². The van der Waals surface area contributed by atoms with Gasteiger partial charge in [-0.05, 0) is 23.1 Å². The number of carboxylic acids is 1. The molecule has 5 heteroatoms. The van der Waals surface area contributed by atoms with E-state index in [1.807, 2.05) is 0 Å². The lowest BCUT2D eigenvalue weighted by atomic mass is 9.97. The normalized spacial score (nSPS) is 12.2. The summed E-state index contributed by atoms with van der Waals surface area (Å²) in [7, 11) is 0. The molecule has 1 aliphatic carbocycles. The van der Waals surface area contributed by atoms with E-state index in [2.05, 4.69) is 0 Å². The summed E-state index contributed by atoms with van der Waals surface area (Å²) >= 11 is 0. The molecule has 0 saturated heterocycles. The molecule has 0 spiro atoms. The van der Waals surface area contributed by atoms with Crippen molar-refractivity contribution >= 4 is 5.97 Å². The van der Waals surface area contributed by atoms with Crippen molar-refractivity contribution in [2.75, 3.05) is 0 Å². The fourth-order valence-corrected chi connectivity index (χ4v) is 2.67. The number of carboxylic acid groups (broad SMARTS) is 1. The van der Waals surface area contributed by atoms with Crippen LogP contribution in [0.4, 0.5) is 13.2 Å². The van der Waals surface area contributed by atoms with E-state index in [1.54, 1.807) is 24.3 Å². The Morgan fingerprint density at radius 3 is 2.50 bits per heavy atom. The highest BCUT2D eigenvalue weighted by Gasteiger charge is 2.31. The van der Waals surface area contributed by atoms with Crippen LogP contribution in [0.2, 0.25) is 0 Å². The average Bonchev–Trinajstić information content (AvgIpc) is 2.80. The van der Waals surface area contributed by atoms with E-state index in [0.717, 1.165) is 5.56 Å². The third-order valence-electron chi connectivity index (χ3n) is 3.52. The Morgan fingerprint density at radius 1 is 1.10 bits per heavy atom. The first kappa shape index (κ1) is 12.7. The van der Waals surface area contributed by atoms with Gasteiger partial charge in [-0.15, -0.1) is 0 Å². The molecule has 0 heterocycles. The smallest absolute Gasteiger partial charge is 0.307 e. The minimum Gasteiger partial charge on any atom is -0.481 e. The Labute approximate surface area is 112 Å². The summed E-state index contributed by atoms with van der Waals surface area (Å²) < 4.78 is 41.5. The molecule has 0 amide bonds. The Balaban J connectivity index is 2.32. The van der Waals surface area contributed by atoms with E-state index in [0.29, 0.717) is 5.56 Å². The summed E-state index contributed by atoms with van der Waals surface area (Å²) in [6.07, 6.45) is -0.457. The number of aliphatic carboxylic acids is 1. The van der Waals surface area contributed by atoms with Gasteiger partial charge in [-0.25, -0.2) is 13.2 Å². The molecule has 1 aliphatic rings. The van der Waals surface area contributed by atoms with Crippen molar-refractivity contribution in [1.82, 2.24) is 0 Å². The first-order valence-corrected chi connectivity index (χ1v) is 5.99. The lowest BCUT2D eigenvalue weighted by Crippen LogP contribution is -2.10. The third-order valence-corrected chi connectivity index (χ3v) is 3.52. The second-order valence-electron chi connectivity index (χ2n) is 4.68. The zero-order chi connectivity index (χ0) is 14.4. The van der Waals surface area contributed by atoms with Crippen LogP contribution in [0.15, 0.2) is 24.3 Å². The SMILES string of the molecule is O=C(O)Cc1c(F)c(F)c(F)c2c1Cc1ccccc1-2. The van der Waals surface area contributed by atoms with Crippen molar-refractivity contribution in [2.45, 2.75) is 12.8 Å². The molecule has 20 heavy (non-hydrogen) atoms. The summed E-state index contributed by atoms with van der Waals surface area (Å²) in [5, 5.41) is 8.82. The van der Waals surface area contributed by atoms with Gasteiger partial charge in [0.05, 0.1) is 6.42 Å². The molecule has 0 aromatic heterocycles. The Hall–Kier alpha value is -2.30. The molecule has 0 unspecified atom stereocenters. The zero-order valence-corrected chi connectivity index (χ0v) is 10.2. The van der Waals surface area contributed by atoms with E-state index < -0.39 is 29.8 Å². The second-order valence-corrected chi connectivity index (χ2v) is 4.68. The Morgan fingerprint density at radius 2 is 1.80 bits per heavy atom. The molecule has 3 rings (SSSR count). The molecule has 2 aromatic rings. The highest BCUT2D eigenvalue weighted by molar-refractivity contribution is 5.81. The highest BCUT2D eigenvalue weighted by Crippen LogP contribution is 2.42. The summed E-state index contributed by atoms with van der Waals surface area (Å²) in [6.45, 7) is 0. The second kappa shape index (κ2) is 4.37. The minimum absolute atomic E-state index is 0.0178. The first-order valence-electron chi connectivity index (χ1n) is 5.99. The van der Waals surface area contributed by atoms with Gasteiger partial charge in [-0.1, -0.05) is 24.3 Å². The van der Waals surface area contributed by atoms with Gasteiger partial charge in [0.25, 0.3) is 0 Å². The summed E-state index contributed by atoms with van der Waals surface area (Å²) in [5.41, 5.74) is 1.16. The average molecular weight is 278 g/mol. The van der Waals surface area contributed by atoms with E-state index >= 15 is 0 Å². The summed E-state index contributed by atoms with van der Waals surface area (Å²) in [6, 6.07) is 6.76. The highest BCUT2D eigenvalue weighted by atomic mass is 19.2. The maximum Gasteiger partial charge on any atom is 0.307 e. The lowest BCUT2D eigenvalue weighted by molar-refractivity contribution is -0.136. The van der Waals surface area contributed by atoms with Crippen molar-refractivity contribution in [2.24, 2.45) is 0 Å². The van der Waals surface area contributed by atoms with Crippen molar-refractivity contribution < 1.29 is 23.1 Å². The molecule has 0 atom stereocenters. The predicted octanol–water partition coefficient (Wildman–Crippen LogP) is 3.30. The maximum absolute atomic E-state index is 14.0.